The zero-order valence-corrected chi connectivity index (χ0v) is 18.8. The van der Waals surface area contributed by atoms with Gasteiger partial charge in [-0.2, -0.15) is 0 Å². The van der Waals surface area contributed by atoms with Gasteiger partial charge in [-0.25, -0.2) is 0 Å². The lowest BCUT2D eigenvalue weighted by atomic mass is 10.0. The topological polar surface area (TPSA) is 17.0 Å². The molecule has 0 radical (unpaired) electrons. The largest absolute Gasteiger partial charge is 0.356 e. The molecular formula is C31H26N2. The fourth-order valence-corrected chi connectivity index (χ4v) is 4.34. The fraction of sp³-hybridized carbons (Fsp3) is 0.0323. The van der Waals surface area contributed by atoms with Crippen molar-refractivity contribution < 1.29 is 0 Å². The molecule has 0 fully saturated rings. The van der Waals surface area contributed by atoms with Crippen molar-refractivity contribution in [2.45, 2.75) is 6.92 Å². The molecule has 5 rings (SSSR count). The van der Waals surface area contributed by atoms with E-state index in [1.54, 1.807) is 6.08 Å². The minimum atomic E-state index is 0.830. The Morgan fingerprint density at radius 1 is 0.788 bits per heavy atom. The minimum Gasteiger partial charge on any atom is -0.356 e. The van der Waals surface area contributed by atoms with Crippen LogP contribution in [-0.2, 0) is 0 Å². The summed E-state index contributed by atoms with van der Waals surface area (Å²) in [6, 6.07) is 32.4. The average Bonchev–Trinajstić information content (AvgIpc) is 3.18. The number of allylic oxidation sites excluding steroid dienone is 3. The zero-order chi connectivity index (χ0) is 22.8. The number of rotatable bonds is 6. The Morgan fingerprint density at radius 2 is 1.48 bits per heavy atom. The van der Waals surface area contributed by atoms with E-state index < -0.39 is 0 Å². The van der Waals surface area contributed by atoms with E-state index in [0.29, 0.717) is 0 Å². The second-order valence-electron chi connectivity index (χ2n) is 8.19. The molecule has 0 aliphatic heterocycles. The molecule has 1 heterocycles. The summed E-state index contributed by atoms with van der Waals surface area (Å²) in [5.74, 6) is 0. The maximum Gasteiger partial charge on any atom is 0.0541 e. The summed E-state index contributed by atoms with van der Waals surface area (Å²) in [6.07, 6.45) is 5.55. The van der Waals surface area contributed by atoms with Crippen LogP contribution in [0.15, 0.2) is 128 Å². The van der Waals surface area contributed by atoms with Crippen LogP contribution in [0, 0.1) is 6.92 Å². The van der Waals surface area contributed by atoms with Gasteiger partial charge in [0.25, 0.3) is 0 Å². The third-order valence-electron chi connectivity index (χ3n) is 5.99. The van der Waals surface area contributed by atoms with Crippen molar-refractivity contribution in [3.05, 3.63) is 134 Å². The molecule has 1 N–H and O–H groups in total. The van der Waals surface area contributed by atoms with Crippen LogP contribution in [0.4, 0.5) is 5.69 Å². The summed E-state index contributed by atoms with van der Waals surface area (Å²) in [5, 5.41) is 5.92. The molecule has 2 heteroatoms. The summed E-state index contributed by atoms with van der Waals surface area (Å²) in [4.78, 5) is 0. The van der Waals surface area contributed by atoms with Crippen LogP contribution >= 0.6 is 0 Å². The first-order valence-corrected chi connectivity index (χ1v) is 11.1. The molecule has 0 amide bonds. The highest BCUT2D eigenvalue weighted by Crippen LogP contribution is 2.35. The molecule has 0 saturated heterocycles. The van der Waals surface area contributed by atoms with Gasteiger partial charge in [0.05, 0.1) is 11.0 Å². The van der Waals surface area contributed by atoms with Gasteiger partial charge < -0.3 is 9.88 Å². The summed E-state index contributed by atoms with van der Waals surface area (Å²) < 4.78 is 2.34. The predicted molar refractivity (Wildman–Crippen MR) is 143 cm³/mol. The number of aryl methyl sites for hydroxylation is 1. The van der Waals surface area contributed by atoms with E-state index in [4.69, 9.17) is 0 Å². The van der Waals surface area contributed by atoms with Crippen molar-refractivity contribution >= 4 is 27.5 Å². The van der Waals surface area contributed by atoms with E-state index in [0.717, 1.165) is 11.4 Å². The Morgan fingerprint density at radius 3 is 2.30 bits per heavy atom. The zero-order valence-electron chi connectivity index (χ0n) is 18.8. The summed E-state index contributed by atoms with van der Waals surface area (Å²) in [6.45, 7) is 9.91. The average molecular weight is 427 g/mol. The number of para-hydroxylation sites is 2. The van der Waals surface area contributed by atoms with Gasteiger partial charge in [0.2, 0.25) is 0 Å². The molecular weight excluding hydrogens is 400 g/mol. The quantitative estimate of drug-likeness (QED) is 0.270. The van der Waals surface area contributed by atoms with Gasteiger partial charge in [-0.1, -0.05) is 79.9 Å². The van der Waals surface area contributed by atoms with Crippen LogP contribution in [0.2, 0.25) is 0 Å². The summed E-state index contributed by atoms with van der Waals surface area (Å²) in [7, 11) is 0. The SMILES string of the molecule is C=C/C=C\C(=C)Nc1cc(-c2ccc3c(c2)c2ccccc2n3-c2ccccc2)ccc1C. The number of hydrogen-bond acceptors (Lipinski definition) is 1. The molecule has 0 spiro atoms. The molecule has 1 aromatic heterocycles. The molecule has 33 heavy (non-hydrogen) atoms. The number of benzene rings is 4. The van der Waals surface area contributed by atoms with E-state index in [1.807, 2.05) is 12.2 Å². The molecule has 5 aromatic rings. The van der Waals surface area contributed by atoms with Gasteiger partial charge in [0, 0.05) is 27.8 Å². The normalized spacial score (nSPS) is 11.3. The number of fused-ring (bicyclic) bond motifs is 3. The van der Waals surface area contributed by atoms with Crippen molar-refractivity contribution in [1.82, 2.24) is 4.57 Å². The molecule has 0 atom stereocenters. The van der Waals surface area contributed by atoms with E-state index in [9.17, 15) is 0 Å². The Labute approximate surface area is 194 Å². The highest BCUT2D eigenvalue weighted by atomic mass is 15.0. The van der Waals surface area contributed by atoms with Gasteiger partial charge in [-0.3, -0.25) is 0 Å². The smallest absolute Gasteiger partial charge is 0.0541 e. The van der Waals surface area contributed by atoms with Crippen LogP contribution in [0.1, 0.15) is 5.56 Å². The number of nitrogens with one attached hydrogen (secondary N) is 1. The van der Waals surface area contributed by atoms with Gasteiger partial charge in [0.15, 0.2) is 0 Å². The lowest BCUT2D eigenvalue weighted by molar-refractivity contribution is 1.18. The molecule has 0 aliphatic rings. The molecule has 0 aliphatic carbocycles. The lowest BCUT2D eigenvalue weighted by Crippen LogP contribution is -1.97. The van der Waals surface area contributed by atoms with Crippen molar-refractivity contribution in [2.24, 2.45) is 0 Å². The van der Waals surface area contributed by atoms with Crippen molar-refractivity contribution in [1.29, 1.82) is 0 Å². The standard InChI is InChI=1S/C31H26N2/c1-4-5-11-23(3)32-29-21-25(17-16-22(29)2)24-18-19-31-28(20-24)27-14-9-10-15-30(27)33(31)26-12-7-6-8-13-26/h4-21,32H,1,3H2,2H3/b11-5-. The Hall–Kier alpha value is -4.30. The molecule has 4 aromatic carbocycles. The number of hydrogen-bond donors (Lipinski definition) is 1. The number of anilines is 1. The van der Waals surface area contributed by atoms with Crippen LogP contribution in [-0.4, -0.2) is 4.57 Å². The Balaban J connectivity index is 1.63. The first-order chi connectivity index (χ1) is 16.2. The minimum absolute atomic E-state index is 0.830. The second kappa shape index (κ2) is 8.68. The molecule has 0 bridgehead atoms. The van der Waals surface area contributed by atoms with Crippen molar-refractivity contribution in [3.8, 4) is 16.8 Å². The first kappa shape index (κ1) is 20.6. The number of nitrogens with zero attached hydrogens (tertiary/aromatic N) is 1. The third-order valence-corrected chi connectivity index (χ3v) is 5.99. The predicted octanol–water partition coefficient (Wildman–Crippen LogP) is 8.43. The van der Waals surface area contributed by atoms with Gasteiger partial charge in [-0.15, -0.1) is 0 Å². The first-order valence-electron chi connectivity index (χ1n) is 11.1. The van der Waals surface area contributed by atoms with E-state index in [2.05, 4.69) is 121 Å². The van der Waals surface area contributed by atoms with Gasteiger partial charge in [0.1, 0.15) is 0 Å². The van der Waals surface area contributed by atoms with Crippen molar-refractivity contribution in [2.75, 3.05) is 5.32 Å². The number of aromatic nitrogens is 1. The van der Waals surface area contributed by atoms with Gasteiger partial charge >= 0.3 is 0 Å². The van der Waals surface area contributed by atoms with Crippen LogP contribution in [0.25, 0.3) is 38.6 Å². The fourth-order valence-electron chi connectivity index (χ4n) is 4.34. The molecule has 160 valence electrons. The summed E-state index contributed by atoms with van der Waals surface area (Å²) >= 11 is 0. The van der Waals surface area contributed by atoms with E-state index in [-0.39, 0.29) is 0 Å². The monoisotopic (exact) mass is 426 g/mol. The maximum atomic E-state index is 4.09. The van der Waals surface area contributed by atoms with E-state index >= 15 is 0 Å². The molecule has 0 unspecified atom stereocenters. The third kappa shape index (κ3) is 3.88. The Bertz CT molecular complexity index is 1520. The Kier molecular flexibility index (Phi) is 5.42. The highest BCUT2D eigenvalue weighted by Gasteiger charge is 2.13. The van der Waals surface area contributed by atoms with Crippen LogP contribution in [0.5, 0.6) is 0 Å². The molecule has 2 nitrogen and oxygen atoms in total. The maximum absolute atomic E-state index is 4.09. The van der Waals surface area contributed by atoms with Crippen LogP contribution in [0.3, 0.4) is 0 Å². The van der Waals surface area contributed by atoms with Crippen molar-refractivity contribution in [3.63, 3.8) is 0 Å². The van der Waals surface area contributed by atoms with Gasteiger partial charge in [-0.05, 0) is 66.1 Å². The van der Waals surface area contributed by atoms with Crippen LogP contribution < -0.4 is 5.32 Å². The lowest BCUT2D eigenvalue weighted by Gasteiger charge is -2.12. The second-order valence-corrected chi connectivity index (χ2v) is 8.19. The summed E-state index contributed by atoms with van der Waals surface area (Å²) in [5.41, 5.74) is 9.01. The highest BCUT2D eigenvalue weighted by molar-refractivity contribution is 6.10. The molecule has 0 saturated carbocycles. The van der Waals surface area contributed by atoms with E-state index in [1.165, 1.54) is 44.2 Å².